The lowest BCUT2D eigenvalue weighted by Crippen LogP contribution is -2.28. The fourth-order valence-corrected chi connectivity index (χ4v) is 1.40. The van der Waals surface area contributed by atoms with Crippen LogP contribution in [0.5, 0.6) is 0 Å². The molecule has 1 aromatic carbocycles. The molecule has 1 N–H and O–H groups in total. The van der Waals surface area contributed by atoms with E-state index in [0.29, 0.717) is 11.1 Å². The Labute approximate surface area is 104 Å². The monoisotopic (exact) mass is 247 g/mol. The summed E-state index contributed by atoms with van der Waals surface area (Å²) in [4.78, 5) is 21.8. The maximum absolute atomic E-state index is 11.8. The van der Waals surface area contributed by atoms with Crippen molar-refractivity contribution in [1.29, 1.82) is 5.26 Å². The van der Waals surface area contributed by atoms with Crippen molar-refractivity contribution in [3.63, 3.8) is 0 Å². The number of amides is 1. The number of hydrogen-bond donors (Lipinski definition) is 1. The van der Waals surface area contributed by atoms with Gasteiger partial charge in [0.2, 0.25) is 0 Å². The van der Waals surface area contributed by atoms with Gasteiger partial charge in [0.25, 0.3) is 11.6 Å². The van der Waals surface area contributed by atoms with Crippen LogP contribution in [0.3, 0.4) is 0 Å². The Morgan fingerprint density at radius 3 is 2.78 bits per heavy atom. The molecule has 0 saturated carbocycles. The Kier molecular flexibility index (Phi) is 4.38. The fourth-order valence-electron chi connectivity index (χ4n) is 1.40. The van der Waals surface area contributed by atoms with Crippen LogP contribution in [0.25, 0.3) is 0 Å². The lowest BCUT2D eigenvalue weighted by Gasteiger charge is -2.08. The highest BCUT2D eigenvalue weighted by molar-refractivity contribution is 5.95. The smallest absolute Gasteiger partial charge is 0.269 e. The van der Waals surface area contributed by atoms with Crippen molar-refractivity contribution >= 4 is 11.6 Å². The lowest BCUT2D eigenvalue weighted by molar-refractivity contribution is -0.384. The topological polar surface area (TPSA) is 96.0 Å². The first-order valence-corrected chi connectivity index (χ1v) is 5.38. The quantitative estimate of drug-likeness (QED) is 0.648. The maximum atomic E-state index is 11.8. The van der Waals surface area contributed by atoms with E-state index >= 15 is 0 Å². The van der Waals surface area contributed by atoms with Gasteiger partial charge < -0.3 is 5.32 Å². The molecule has 0 radical (unpaired) electrons. The zero-order valence-corrected chi connectivity index (χ0v) is 10.1. The van der Waals surface area contributed by atoms with E-state index in [1.54, 1.807) is 13.8 Å². The number of nitro benzene ring substituents is 1. The normalized spacial score (nSPS) is 11.4. The zero-order chi connectivity index (χ0) is 13.7. The van der Waals surface area contributed by atoms with Gasteiger partial charge in [0.1, 0.15) is 0 Å². The molecule has 1 amide bonds. The van der Waals surface area contributed by atoms with Crippen molar-refractivity contribution in [1.82, 2.24) is 5.32 Å². The highest BCUT2D eigenvalue weighted by Gasteiger charge is 2.13. The van der Waals surface area contributed by atoms with Gasteiger partial charge in [-0.3, -0.25) is 14.9 Å². The van der Waals surface area contributed by atoms with Crippen LogP contribution in [-0.2, 0) is 0 Å². The summed E-state index contributed by atoms with van der Waals surface area (Å²) in [5.41, 5.74) is 0.867. The molecule has 6 heteroatoms. The number of nitrogens with one attached hydrogen (secondary N) is 1. The number of aryl methyl sites for hydroxylation is 1. The molecule has 0 bridgehead atoms. The van der Waals surface area contributed by atoms with Crippen molar-refractivity contribution in [2.45, 2.75) is 13.8 Å². The molecule has 1 unspecified atom stereocenters. The Balaban J connectivity index is 2.81. The van der Waals surface area contributed by atoms with E-state index in [2.05, 4.69) is 5.32 Å². The van der Waals surface area contributed by atoms with E-state index in [9.17, 15) is 14.9 Å². The summed E-state index contributed by atoms with van der Waals surface area (Å²) >= 11 is 0. The van der Waals surface area contributed by atoms with Gasteiger partial charge in [0.15, 0.2) is 0 Å². The van der Waals surface area contributed by atoms with Crippen LogP contribution in [0.1, 0.15) is 22.8 Å². The first-order valence-electron chi connectivity index (χ1n) is 5.38. The van der Waals surface area contributed by atoms with Crippen LogP contribution in [0, 0.1) is 34.3 Å². The lowest BCUT2D eigenvalue weighted by atomic mass is 10.1. The van der Waals surface area contributed by atoms with Crippen molar-refractivity contribution in [2.24, 2.45) is 5.92 Å². The van der Waals surface area contributed by atoms with Crippen molar-refractivity contribution in [3.8, 4) is 6.07 Å². The molecule has 94 valence electrons. The number of nitriles is 1. The van der Waals surface area contributed by atoms with E-state index < -0.39 is 4.92 Å². The minimum atomic E-state index is -0.508. The van der Waals surface area contributed by atoms with Gasteiger partial charge in [-0.15, -0.1) is 0 Å². The fraction of sp³-hybridized carbons (Fsp3) is 0.333. The molecule has 18 heavy (non-hydrogen) atoms. The molecule has 0 fully saturated rings. The second kappa shape index (κ2) is 5.77. The summed E-state index contributed by atoms with van der Waals surface area (Å²) < 4.78 is 0. The Hall–Kier alpha value is -2.42. The van der Waals surface area contributed by atoms with Crippen molar-refractivity contribution in [2.75, 3.05) is 6.54 Å². The van der Waals surface area contributed by atoms with Crippen LogP contribution in [0.15, 0.2) is 18.2 Å². The Bertz CT molecular complexity index is 520. The van der Waals surface area contributed by atoms with E-state index in [0.717, 1.165) is 0 Å². The summed E-state index contributed by atoms with van der Waals surface area (Å²) in [7, 11) is 0. The molecular formula is C12H13N3O3. The van der Waals surface area contributed by atoms with Crippen molar-refractivity contribution in [3.05, 3.63) is 39.4 Å². The average molecular weight is 247 g/mol. The number of carbonyl (C=O) groups is 1. The first kappa shape index (κ1) is 13.6. The first-order chi connectivity index (χ1) is 8.45. The van der Waals surface area contributed by atoms with Gasteiger partial charge in [-0.25, -0.2) is 0 Å². The van der Waals surface area contributed by atoms with Crippen LogP contribution in [0.4, 0.5) is 5.69 Å². The van der Waals surface area contributed by atoms with E-state index in [4.69, 9.17) is 5.26 Å². The van der Waals surface area contributed by atoms with Gasteiger partial charge in [0, 0.05) is 24.2 Å². The van der Waals surface area contributed by atoms with E-state index in [-0.39, 0.29) is 24.1 Å². The second-order valence-electron chi connectivity index (χ2n) is 4.00. The molecular weight excluding hydrogens is 234 g/mol. The largest absolute Gasteiger partial charge is 0.351 e. The van der Waals surface area contributed by atoms with Crippen LogP contribution in [-0.4, -0.2) is 17.4 Å². The maximum Gasteiger partial charge on any atom is 0.269 e. The summed E-state index contributed by atoms with van der Waals surface area (Å²) in [5.74, 6) is -0.600. The third-order valence-corrected chi connectivity index (χ3v) is 2.45. The summed E-state index contributed by atoms with van der Waals surface area (Å²) in [6.07, 6.45) is 0. The number of rotatable bonds is 4. The number of benzene rings is 1. The number of hydrogen-bond acceptors (Lipinski definition) is 4. The summed E-state index contributed by atoms with van der Waals surface area (Å²) in [6.45, 7) is 3.59. The van der Waals surface area contributed by atoms with Gasteiger partial charge in [-0.1, -0.05) is 0 Å². The summed E-state index contributed by atoms with van der Waals surface area (Å²) in [5, 5.41) is 21.8. The molecule has 1 aromatic rings. The Morgan fingerprint density at radius 2 is 2.28 bits per heavy atom. The molecule has 0 heterocycles. The number of nitrogens with zero attached hydrogens (tertiary/aromatic N) is 2. The predicted octanol–water partition coefficient (Wildman–Crippen LogP) is 1.79. The Morgan fingerprint density at radius 1 is 1.61 bits per heavy atom. The second-order valence-corrected chi connectivity index (χ2v) is 4.00. The molecule has 0 aliphatic heterocycles. The molecule has 0 aromatic heterocycles. The summed E-state index contributed by atoms with van der Waals surface area (Å²) in [6, 6.07) is 6.06. The minimum absolute atomic E-state index is 0.0468. The van der Waals surface area contributed by atoms with Crippen LogP contribution < -0.4 is 5.32 Å². The highest BCUT2D eigenvalue weighted by Crippen LogP contribution is 2.17. The molecule has 0 spiro atoms. The zero-order valence-electron chi connectivity index (χ0n) is 10.1. The standard InChI is InChI=1S/C12H13N3O3/c1-8(6-13)7-14-12(16)11-4-3-10(15(17)18)5-9(11)2/h3-5,8H,7H2,1-2H3,(H,14,16). The molecule has 1 rings (SSSR count). The van der Waals surface area contributed by atoms with Crippen LogP contribution in [0.2, 0.25) is 0 Å². The SMILES string of the molecule is Cc1cc([N+](=O)[O-])ccc1C(=O)NCC(C)C#N. The molecule has 0 saturated heterocycles. The number of nitro groups is 1. The number of non-ortho nitro benzene ring substituents is 1. The van der Waals surface area contributed by atoms with E-state index in [1.165, 1.54) is 18.2 Å². The number of carbonyl (C=O) groups excluding carboxylic acids is 1. The third kappa shape index (κ3) is 3.28. The van der Waals surface area contributed by atoms with Crippen molar-refractivity contribution < 1.29 is 9.72 Å². The van der Waals surface area contributed by atoms with Gasteiger partial charge >= 0.3 is 0 Å². The average Bonchev–Trinajstić information content (AvgIpc) is 2.35. The van der Waals surface area contributed by atoms with Crippen LogP contribution >= 0.6 is 0 Å². The van der Waals surface area contributed by atoms with Gasteiger partial charge in [0.05, 0.1) is 16.9 Å². The third-order valence-electron chi connectivity index (χ3n) is 2.45. The molecule has 6 nitrogen and oxygen atoms in total. The van der Waals surface area contributed by atoms with E-state index in [1.807, 2.05) is 6.07 Å². The molecule has 1 atom stereocenters. The molecule has 0 aliphatic carbocycles. The highest BCUT2D eigenvalue weighted by atomic mass is 16.6. The van der Waals surface area contributed by atoms with Gasteiger partial charge in [-0.2, -0.15) is 5.26 Å². The minimum Gasteiger partial charge on any atom is -0.351 e. The van der Waals surface area contributed by atoms with Gasteiger partial charge in [-0.05, 0) is 25.5 Å². The molecule has 0 aliphatic rings. The predicted molar refractivity (Wildman–Crippen MR) is 64.9 cm³/mol.